The van der Waals surface area contributed by atoms with Gasteiger partial charge in [0.05, 0.1) is 10.6 Å². The maximum Gasteiger partial charge on any atom is 0.131 e. The molecule has 0 amide bonds. The number of nitrogens with zero attached hydrogens (tertiary/aromatic N) is 1. The maximum atomic E-state index is 8.97. The molecule has 2 rings (SSSR count). The van der Waals surface area contributed by atoms with E-state index >= 15 is 0 Å². The Morgan fingerprint density at radius 1 is 1.53 bits per heavy atom. The first kappa shape index (κ1) is 12.6. The van der Waals surface area contributed by atoms with E-state index in [1.54, 1.807) is 11.8 Å². The molecule has 5 heteroatoms. The van der Waals surface area contributed by atoms with Crippen molar-refractivity contribution in [2.45, 2.75) is 30.6 Å². The van der Waals surface area contributed by atoms with Gasteiger partial charge in [0, 0.05) is 6.54 Å². The van der Waals surface area contributed by atoms with Gasteiger partial charge in [0.15, 0.2) is 0 Å². The van der Waals surface area contributed by atoms with Crippen LogP contribution in [0.15, 0.2) is 4.90 Å². The normalized spacial score (nSPS) is 16.0. The van der Waals surface area contributed by atoms with Crippen LogP contribution in [0.2, 0.25) is 0 Å². The summed E-state index contributed by atoms with van der Waals surface area (Å²) in [7, 11) is 0. The number of anilines is 2. The van der Waals surface area contributed by atoms with Crippen molar-refractivity contribution in [3.8, 4) is 6.07 Å². The Morgan fingerprint density at radius 3 is 2.82 bits per heavy atom. The summed E-state index contributed by atoms with van der Waals surface area (Å²) in [5.41, 5.74) is 6.57. The number of nitrogens with two attached hydrogens (primary N) is 1. The molecule has 0 bridgehead atoms. The van der Waals surface area contributed by atoms with Crippen LogP contribution in [0.5, 0.6) is 0 Å². The fourth-order valence-corrected chi connectivity index (χ4v) is 4.12. The highest BCUT2D eigenvalue weighted by atomic mass is 32.2. The summed E-state index contributed by atoms with van der Waals surface area (Å²) in [6.07, 6.45) is 7.37. The average Bonchev–Trinajstić information content (AvgIpc) is 2.94. The van der Waals surface area contributed by atoms with Gasteiger partial charge in [0.2, 0.25) is 0 Å². The van der Waals surface area contributed by atoms with Crippen LogP contribution < -0.4 is 11.1 Å². The summed E-state index contributed by atoms with van der Waals surface area (Å²) in [5, 5.41) is 13.5. The lowest BCUT2D eigenvalue weighted by atomic mass is 10.1. The second kappa shape index (κ2) is 5.65. The molecule has 0 unspecified atom stereocenters. The third-order valence-corrected chi connectivity index (χ3v) is 5.26. The minimum Gasteiger partial charge on any atom is -0.396 e. The Balaban J connectivity index is 2.06. The zero-order valence-corrected chi connectivity index (χ0v) is 11.6. The summed E-state index contributed by atoms with van der Waals surface area (Å²) >= 11 is 3.09. The first-order valence-electron chi connectivity index (χ1n) is 5.86. The van der Waals surface area contributed by atoms with Gasteiger partial charge in [-0.25, -0.2) is 0 Å². The largest absolute Gasteiger partial charge is 0.396 e. The Bertz CT molecular complexity index is 428. The third kappa shape index (κ3) is 2.70. The Hall–Kier alpha value is -0.860. The van der Waals surface area contributed by atoms with E-state index in [9.17, 15) is 0 Å². The van der Waals surface area contributed by atoms with Crippen molar-refractivity contribution in [2.24, 2.45) is 5.92 Å². The second-order valence-corrected chi connectivity index (χ2v) is 6.19. The highest BCUT2D eigenvalue weighted by molar-refractivity contribution is 7.99. The van der Waals surface area contributed by atoms with Crippen LogP contribution in [-0.2, 0) is 0 Å². The molecule has 0 atom stereocenters. The van der Waals surface area contributed by atoms with Crippen LogP contribution in [0.3, 0.4) is 0 Å². The van der Waals surface area contributed by atoms with Gasteiger partial charge >= 0.3 is 0 Å². The fourth-order valence-electron chi connectivity index (χ4n) is 2.28. The molecule has 3 N–H and O–H groups in total. The molecule has 1 aromatic heterocycles. The molecule has 1 saturated carbocycles. The number of hydrogen-bond donors (Lipinski definition) is 2. The number of thiophene rings is 1. The van der Waals surface area contributed by atoms with E-state index in [0.29, 0.717) is 10.6 Å². The van der Waals surface area contributed by atoms with Crippen LogP contribution in [-0.4, -0.2) is 12.8 Å². The van der Waals surface area contributed by atoms with Crippen LogP contribution >= 0.6 is 23.1 Å². The molecular weight excluding hydrogens is 250 g/mol. The van der Waals surface area contributed by atoms with E-state index < -0.39 is 0 Å². The number of rotatable bonds is 4. The van der Waals surface area contributed by atoms with Crippen LogP contribution in [0.1, 0.15) is 30.6 Å². The number of nitrogen functional groups attached to an aromatic ring is 1. The molecule has 1 fully saturated rings. The monoisotopic (exact) mass is 267 g/mol. The molecular formula is C12H17N3S2. The lowest BCUT2D eigenvalue weighted by molar-refractivity contribution is 0.580. The lowest BCUT2D eigenvalue weighted by Gasteiger charge is -2.11. The van der Waals surface area contributed by atoms with Crippen molar-refractivity contribution in [2.75, 3.05) is 23.9 Å². The highest BCUT2D eigenvalue weighted by Gasteiger charge is 2.18. The minimum absolute atomic E-state index is 0.628. The molecule has 0 aromatic carbocycles. The van der Waals surface area contributed by atoms with Crippen molar-refractivity contribution >= 4 is 33.8 Å². The fraction of sp³-hybridized carbons (Fsp3) is 0.583. The lowest BCUT2D eigenvalue weighted by Crippen LogP contribution is -2.10. The molecule has 0 radical (unpaired) electrons. The van der Waals surface area contributed by atoms with Crippen LogP contribution in [0.25, 0.3) is 0 Å². The number of thioether (sulfide) groups is 1. The summed E-state index contributed by atoms with van der Waals surface area (Å²) in [5.74, 6) is 0.790. The summed E-state index contributed by atoms with van der Waals surface area (Å²) in [4.78, 5) is 1.66. The highest BCUT2D eigenvalue weighted by Crippen LogP contribution is 2.41. The molecule has 3 nitrogen and oxygen atoms in total. The SMILES string of the molecule is CSc1c(NCC2CCCC2)sc(C#N)c1N. The molecule has 0 spiro atoms. The van der Waals surface area contributed by atoms with Crippen LogP contribution in [0.4, 0.5) is 10.7 Å². The topological polar surface area (TPSA) is 61.8 Å². The average molecular weight is 267 g/mol. The van der Waals surface area contributed by atoms with Crippen molar-refractivity contribution < 1.29 is 0 Å². The molecule has 92 valence electrons. The van der Waals surface area contributed by atoms with E-state index in [2.05, 4.69) is 11.4 Å². The predicted octanol–water partition coefficient (Wildman–Crippen LogP) is 3.53. The smallest absolute Gasteiger partial charge is 0.131 e. The quantitative estimate of drug-likeness (QED) is 0.819. The van der Waals surface area contributed by atoms with Gasteiger partial charge in [0.1, 0.15) is 15.9 Å². The van der Waals surface area contributed by atoms with Gasteiger partial charge in [-0.05, 0) is 25.0 Å². The van der Waals surface area contributed by atoms with Crippen LogP contribution in [0, 0.1) is 17.2 Å². The van der Waals surface area contributed by atoms with Crippen molar-refractivity contribution in [3.63, 3.8) is 0 Å². The minimum atomic E-state index is 0.628. The predicted molar refractivity (Wildman–Crippen MR) is 75.7 cm³/mol. The zero-order valence-electron chi connectivity index (χ0n) is 9.95. The molecule has 1 aromatic rings. The summed E-state index contributed by atoms with van der Waals surface area (Å²) in [6, 6.07) is 2.16. The number of nitriles is 1. The molecule has 1 aliphatic rings. The molecule has 1 aliphatic carbocycles. The molecule has 1 heterocycles. The third-order valence-electron chi connectivity index (χ3n) is 3.23. The Labute approximate surface area is 110 Å². The molecule has 17 heavy (non-hydrogen) atoms. The van der Waals surface area contributed by atoms with Crippen molar-refractivity contribution in [3.05, 3.63) is 4.88 Å². The Morgan fingerprint density at radius 2 is 2.24 bits per heavy atom. The van der Waals surface area contributed by atoms with E-state index in [1.807, 2.05) is 6.26 Å². The van der Waals surface area contributed by atoms with Gasteiger partial charge < -0.3 is 11.1 Å². The molecule has 0 saturated heterocycles. The first-order chi connectivity index (χ1) is 8.26. The number of nitrogens with one attached hydrogen (secondary N) is 1. The first-order valence-corrected chi connectivity index (χ1v) is 7.90. The van der Waals surface area contributed by atoms with Gasteiger partial charge in [-0.3, -0.25) is 0 Å². The van der Waals surface area contributed by atoms with Crippen molar-refractivity contribution in [1.82, 2.24) is 0 Å². The second-order valence-electron chi connectivity index (χ2n) is 4.35. The van der Waals surface area contributed by atoms with Gasteiger partial charge in [-0.1, -0.05) is 12.8 Å². The van der Waals surface area contributed by atoms with Gasteiger partial charge in [0.25, 0.3) is 0 Å². The van der Waals surface area contributed by atoms with E-state index in [1.165, 1.54) is 37.0 Å². The molecule has 0 aliphatic heterocycles. The van der Waals surface area contributed by atoms with E-state index in [4.69, 9.17) is 11.0 Å². The summed E-state index contributed by atoms with van der Waals surface area (Å²) in [6.45, 7) is 1.01. The summed E-state index contributed by atoms with van der Waals surface area (Å²) < 4.78 is 0. The standard InChI is InChI=1S/C12H17N3S2/c1-16-11-10(14)9(6-13)17-12(11)15-7-8-4-2-3-5-8/h8,15H,2-5,7,14H2,1H3. The van der Waals surface area contributed by atoms with Crippen molar-refractivity contribution in [1.29, 1.82) is 5.26 Å². The zero-order chi connectivity index (χ0) is 12.3. The number of hydrogen-bond acceptors (Lipinski definition) is 5. The van der Waals surface area contributed by atoms with Gasteiger partial charge in [-0.2, -0.15) is 5.26 Å². The maximum absolute atomic E-state index is 8.97. The van der Waals surface area contributed by atoms with Gasteiger partial charge in [-0.15, -0.1) is 23.1 Å². The Kier molecular flexibility index (Phi) is 4.19. The van der Waals surface area contributed by atoms with E-state index in [0.717, 1.165) is 22.4 Å². The van der Waals surface area contributed by atoms with E-state index in [-0.39, 0.29) is 0 Å².